The van der Waals surface area contributed by atoms with E-state index >= 15 is 0 Å². The fraction of sp³-hybridized carbons (Fsp3) is 0.706. The highest BCUT2D eigenvalue weighted by atomic mass is 16.5. The topological polar surface area (TPSA) is 67.4 Å². The summed E-state index contributed by atoms with van der Waals surface area (Å²) in [6.45, 7) is 4.58. The Morgan fingerprint density at radius 3 is 2.91 bits per heavy atom. The Bertz CT molecular complexity index is 514. The van der Waals surface area contributed by atoms with Crippen molar-refractivity contribution in [2.75, 3.05) is 24.6 Å². The second-order valence-corrected chi connectivity index (χ2v) is 6.37. The largest absolute Gasteiger partial charge is 0.376 e. The number of nitrogens with one attached hydrogen (secondary N) is 1. The van der Waals surface area contributed by atoms with Crippen LogP contribution in [0.3, 0.4) is 0 Å². The van der Waals surface area contributed by atoms with Crippen molar-refractivity contribution in [3.8, 4) is 0 Å². The molecule has 2 unspecified atom stereocenters. The summed E-state index contributed by atoms with van der Waals surface area (Å²) in [5.41, 5.74) is 0.372. The van der Waals surface area contributed by atoms with Gasteiger partial charge in [0.25, 0.3) is 5.91 Å². The Kier molecular flexibility index (Phi) is 5.43. The summed E-state index contributed by atoms with van der Waals surface area (Å²) in [6.07, 6.45) is 7.04. The van der Waals surface area contributed by atoms with Gasteiger partial charge in [-0.15, -0.1) is 10.2 Å². The van der Waals surface area contributed by atoms with E-state index in [0.29, 0.717) is 18.3 Å². The molecule has 0 aromatic carbocycles. The van der Waals surface area contributed by atoms with E-state index in [-0.39, 0.29) is 12.0 Å². The van der Waals surface area contributed by atoms with Crippen LogP contribution in [-0.2, 0) is 4.74 Å². The van der Waals surface area contributed by atoms with Crippen LogP contribution < -0.4 is 10.2 Å². The molecule has 3 rings (SSSR count). The first kappa shape index (κ1) is 16.2. The highest BCUT2D eigenvalue weighted by molar-refractivity contribution is 5.92. The Hall–Kier alpha value is -1.69. The maximum absolute atomic E-state index is 12.1. The summed E-state index contributed by atoms with van der Waals surface area (Å²) in [7, 11) is 0. The lowest BCUT2D eigenvalue weighted by atomic mass is 10.0. The van der Waals surface area contributed by atoms with Gasteiger partial charge in [-0.2, -0.15) is 0 Å². The van der Waals surface area contributed by atoms with E-state index < -0.39 is 0 Å². The Morgan fingerprint density at radius 1 is 1.30 bits per heavy atom. The second kappa shape index (κ2) is 7.73. The lowest BCUT2D eigenvalue weighted by molar-refractivity contribution is 0.0853. The van der Waals surface area contributed by atoms with Crippen LogP contribution in [0.25, 0.3) is 0 Å². The SMILES string of the molecule is CCC1CCCCN1c1ccc(C(=O)NCC2CCCO2)nn1. The molecule has 1 amide bonds. The third-order valence-electron chi connectivity index (χ3n) is 4.79. The average Bonchev–Trinajstić information content (AvgIpc) is 3.13. The predicted octanol–water partition coefficient (Wildman–Crippen LogP) is 2.15. The van der Waals surface area contributed by atoms with Crippen molar-refractivity contribution >= 4 is 11.7 Å². The van der Waals surface area contributed by atoms with Crippen LogP contribution in [0.4, 0.5) is 5.82 Å². The summed E-state index contributed by atoms with van der Waals surface area (Å²) in [6, 6.07) is 4.23. The molecule has 1 aromatic heterocycles. The lowest BCUT2D eigenvalue weighted by Crippen LogP contribution is -2.40. The molecule has 1 aromatic rings. The van der Waals surface area contributed by atoms with Crippen molar-refractivity contribution in [1.29, 1.82) is 0 Å². The van der Waals surface area contributed by atoms with Crippen molar-refractivity contribution in [1.82, 2.24) is 15.5 Å². The van der Waals surface area contributed by atoms with E-state index in [0.717, 1.165) is 38.2 Å². The second-order valence-electron chi connectivity index (χ2n) is 6.37. The monoisotopic (exact) mass is 318 g/mol. The lowest BCUT2D eigenvalue weighted by Gasteiger charge is -2.35. The molecule has 2 atom stereocenters. The maximum Gasteiger partial charge on any atom is 0.271 e. The predicted molar refractivity (Wildman–Crippen MR) is 88.6 cm³/mol. The molecule has 0 radical (unpaired) electrons. The van der Waals surface area contributed by atoms with Gasteiger partial charge in [0.2, 0.25) is 0 Å². The minimum atomic E-state index is -0.176. The number of piperidine rings is 1. The highest BCUT2D eigenvalue weighted by Gasteiger charge is 2.23. The third kappa shape index (κ3) is 3.99. The van der Waals surface area contributed by atoms with E-state index in [9.17, 15) is 4.79 Å². The summed E-state index contributed by atoms with van der Waals surface area (Å²) in [5, 5.41) is 11.3. The highest BCUT2D eigenvalue weighted by Crippen LogP contribution is 2.24. The minimum Gasteiger partial charge on any atom is -0.376 e. The van der Waals surface area contributed by atoms with Crippen LogP contribution in [0.5, 0.6) is 0 Å². The van der Waals surface area contributed by atoms with Gasteiger partial charge in [0, 0.05) is 25.7 Å². The average molecular weight is 318 g/mol. The van der Waals surface area contributed by atoms with Crippen molar-refractivity contribution in [2.45, 2.75) is 57.6 Å². The fourth-order valence-corrected chi connectivity index (χ4v) is 3.43. The maximum atomic E-state index is 12.1. The van der Waals surface area contributed by atoms with Crippen LogP contribution in [0.1, 0.15) is 55.9 Å². The molecule has 126 valence electrons. The number of hydrogen-bond donors (Lipinski definition) is 1. The molecule has 0 aliphatic carbocycles. The molecule has 2 saturated heterocycles. The molecule has 23 heavy (non-hydrogen) atoms. The Balaban J connectivity index is 1.58. The van der Waals surface area contributed by atoms with E-state index in [1.165, 1.54) is 19.3 Å². The van der Waals surface area contributed by atoms with E-state index in [4.69, 9.17) is 4.74 Å². The van der Waals surface area contributed by atoms with Crippen LogP contribution in [-0.4, -0.2) is 47.9 Å². The molecule has 3 heterocycles. The van der Waals surface area contributed by atoms with E-state index in [1.807, 2.05) is 6.07 Å². The van der Waals surface area contributed by atoms with Crippen molar-refractivity contribution in [3.05, 3.63) is 17.8 Å². The van der Waals surface area contributed by atoms with Crippen LogP contribution in [0.2, 0.25) is 0 Å². The first-order valence-corrected chi connectivity index (χ1v) is 8.78. The number of anilines is 1. The molecular formula is C17H26N4O2. The smallest absolute Gasteiger partial charge is 0.271 e. The van der Waals surface area contributed by atoms with Gasteiger partial charge in [0.1, 0.15) is 0 Å². The molecule has 1 N–H and O–H groups in total. The van der Waals surface area contributed by atoms with Crippen LogP contribution in [0, 0.1) is 0 Å². The number of carbonyl (C=O) groups excluding carboxylic acids is 1. The number of nitrogens with zero attached hydrogens (tertiary/aromatic N) is 3. The van der Waals surface area contributed by atoms with Gasteiger partial charge in [0.15, 0.2) is 11.5 Å². The molecule has 6 nitrogen and oxygen atoms in total. The summed E-state index contributed by atoms with van der Waals surface area (Å²) >= 11 is 0. The molecular weight excluding hydrogens is 292 g/mol. The van der Waals surface area contributed by atoms with Crippen molar-refractivity contribution < 1.29 is 9.53 Å². The quantitative estimate of drug-likeness (QED) is 0.901. The zero-order chi connectivity index (χ0) is 16.1. The van der Waals surface area contributed by atoms with Gasteiger partial charge in [-0.3, -0.25) is 4.79 Å². The molecule has 2 aliphatic rings. The van der Waals surface area contributed by atoms with Crippen LogP contribution >= 0.6 is 0 Å². The third-order valence-corrected chi connectivity index (χ3v) is 4.79. The number of rotatable bonds is 5. The zero-order valence-corrected chi connectivity index (χ0v) is 13.8. The van der Waals surface area contributed by atoms with Gasteiger partial charge in [-0.25, -0.2) is 0 Å². The number of hydrogen-bond acceptors (Lipinski definition) is 5. The fourth-order valence-electron chi connectivity index (χ4n) is 3.43. The standard InChI is InChI=1S/C17H26N4O2/c1-2-13-6-3-4-10-21(13)16-9-8-15(19-20-16)17(22)18-12-14-7-5-11-23-14/h8-9,13-14H,2-7,10-12H2,1H3,(H,18,22). The van der Waals surface area contributed by atoms with Gasteiger partial charge < -0.3 is 15.0 Å². The normalized spacial score (nSPS) is 24.7. The molecule has 0 saturated carbocycles. The minimum absolute atomic E-state index is 0.143. The van der Waals surface area contributed by atoms with Crippen molar-refractivity contribution in [3.63, 3.8) is 0 Å². The first-order chi connectivity index (χ1) is 11.3. The number of aromatic nitrogens is 2. The summed E-state index contributed by atoms with van der Waals surface area (Å²) in [4.78, 5) is 14.5. The molecule has 0 bridgehead atoms. The van der Waals surface area contributed by atoms with Gasteiger partial charge in [-0.1, -0.05) is 6.92 Å². The van der Waals surface area contributed by atoms with Crippen LogP contribution in [0.15, 0.2) is 12.1 Å². The van der Waals surface area contributed by atoms with E-state index in [1.54, 1.807) is 6.07 Å². The summed E-state index contributed by atoms with van der Waals surface area (Å²) in [5.74, 6) is 0.706. The first-order valence-electron chi connectivity index (χ1n) is 8.78. The van der Waals surface area contributed by atoms with Gasteiger partial charge in [-0.05, 0) is 50.7 Å². The van der Waals surface area contributed by atoms with Crippen molar-refractivity contribution in [2.24, 2.45) is 0 Å². The zero-order valence-electron chi connectivity index (χ0n) is 13.8. The molecule has 2 aliphatic heterocycles. The number of ether oxygens (including phenoxy) is 1. The molecule has 2 fully saturated rings. The Labute approximate surface area is 137 Å². The molecule has 0 spiro atoms. The van der Waals surface area contributed by atoms with Gasteiger partial charge in [0.05, 0.1) is 6.10 Å². The Morgan fingerprint density at radius 2 is 2.22 bits per heavy atom. The van der Waals surface area contributed by atoms with Gasteiger partial charge >= 0.3 is 0 Å². The molecule has 6 heteroatoms. The summed E-state index contributed by atoms with van der Waals surface area (Å²) < 4.78 is 5.50. The van der Waals surface area contributed by atoms with E-state index in [2.05, 4.69) is 27.3 Å². The number of amides is 1. The number of carbonyl (C=O) groups is 1.